The quantitative estimate of drug-likeness (QED) is 0.613. The van der Waals surface area contributed by atoms with Crippen molar-refractivity contribution in [2.75, 3.05) is 0 Å². The summed E-state index contributed by atoms with van der Waals surface area (Å²) in [5.41, 5.74) is 3.17. The molecule has 0 spiro atoms. The molecule has 0 fully saturated rings. The van der Waals surface area contributed by atoms with Gasteiger partial charge in [0.1, 0.15) is 5.69 Å². The molecule has 0 amide bonds. The number of aryl methyl sites for hydroxylation is 1. The Hall–Kier alpha value is -0.620. The van der Waals surface area contributed by atoms with Gasteiger partial charge in [0.2, 0.25) is 0 Å². The third-order valence-corrected chi connectivity index (χ3v) is 3.23. The Balaban J connectivity index is 2.56. The molecule has 5 heteroatoms. The van der Waals surface area contributed by atoms with Crippen LogP contribution in [-0.2, 0) is 7.05 Å². The van der Waals surface area contributed by atoms with E-state index in [1.807, 2.05) is 31.4 Å². The lowest BCUT2D eigenvalue weighted by Gasteiger charge is -2.09. The predicted octanol–water partition coefficient (Wildman–Crippen LogP) is 3.63. The number of halogens is 2. The molecule has 0 saturated carbocycles. The van der Waals surface area contributed by atoms with E-state index in [9.17, 15) is 0 Å². The highest BCUT2D eigenvalue weighted by Gasteiger charge is 2.12. The highest BCUT2D eigenvalue weighted by molar-refractivity contribution is 14.1. The summed E-state index contributed by atoms with van der Waals surface area (Å²) in [6, 6.07) is 5.87. The van der Waals surface area contributed by atoms with Crippen LogP contribution in [0.3, 0.4) is 0 Å². The lowest BCUT2D eigenvalue weighted by molar-refractivity contribution is 0.715. The molecule has 0 aliphatic heterocycles. The van der Waals surface area contributed by atoms with Gasteiger partial charge in [0, 0.05) is 21.6 Å². The summed E-state index contributed by atoms with van der Waals surface area (Å²) < 4.78 is 2.08. The van der Waals surface area contributed by atoms with Crippen molar-refractivity contribution in [3.8, 4) is 11.3 Å². The van der Waals surface area contributed by atoms with E-state index in [1.54, 1.807) is 4.68 Å². The number of hydrogen-bond donors (Lipinski definition) is 0. The maximum Gasteiger partial charge on any atom is 0.113 e. The molecule has 84 valence electrons. The molecule has 0 aliphatic carbocycles. The number of alkyl halides is 1. The number of rotatable bonds is 2. The second-order valence-electron chi connectivity index (χ2n) is 3.63. The Morgan fingerprint density at radius 3 is 2.75 bits per heavy atom. The highest BCUT2D eigenvalue weighted by Crippen LogP contribution is 2.33. The van der Waals surface area contributed by atoms with Crippen molar-refractivity contribution in [1.29, 1.82) is 0 Å². The average molecular weight is 348 g/mol. The highest BCUT2D eigenvalue weighted by atomic mass is 127. The van der Waals surface area contributed by atoms with Crippen molar-refractivity contribution in [2.24, 2.45) is 7.05 Å². The largest absolute Gasteiger partial charge is 0.255 e. The van der Waals surface area contributed by atoms with E-state index in [0.29, 0.717) is 3.92 Å². The predicted molar refractivity (Wildman–Crippen MR) is 73.9 cm³/mol. The molecule has 16 heavy (non-hydrogen) atoms. The van der Waals surface area contributed by atoms with Gasteiger partial charge < -0.3 is 0 Å². The lowest BCUT2D eigenvalue weighted by Crippen LogP contribution is -1.90. The zero-order chi connectivity index (χ0) is 11.7. The molecule has 0 aliphatic rings. The van der Waals surface area contributed by atoms with Gasteiger partial charge in [0.25, 0.3) is 0 Å². The third kappa shape index (κ3) is 2.38. The molecule has 1 aromatic heterocycles. The maximum atomic E-state index is 6.01. The molecule has 0 bridgehead atoms. The summed E-state index contributed by atoms with van der Waals surface area (Å²) in [5.74, 6) is 0. The molecular weight excluding hydrogens is 336 g/mol. The number of nitrogens with zero attached hydrogens (tertiary/aromatic N) is 3. The summed E-state index contributed by atoms with van der Waals surface area (Å²) >= 11 is 8.38. The van der Waals surface area contributed by atoms with Crippen molar-refractivity contribution >= 4 is 34.2 Å². The topological polar surface area (TPSA) is 30.7 Å². The van der Waals surface area contributed by atoms with Crippen LogP contribution in [0.4, 0.5) is 0 Å². The minimum Gasteiger partial charge on any atom is -0.255 e. The zero-order valence-electron chi connectivity index (χ0n) is 8.98. The summed E-state index contributed by atoms with van der Waals surface area (Å²) in [4.78, 5) is 0. The van der Waals surface area contributed by atoms with Crippen LogP contribution in [0.5, 0.6) is 0 Å². The van der Waals surface area contributed by atoms with Gasteiger partial charge in [-0.05, 0) is 24.6 Å². The third-order valence-electron chi connectivity index (χ3n) is 2.32. The van der Waals surface area contributed by atoms with E-state index in [1.165, 1.54) is 5.56 Å². The maximum absolute atomic E-state index is 6.01. The molecule has 0 saturated heterocycles. The first-order valence-corrected chi connectivity index (χ1v) is 6.50. The van der Waals surface area contributed by atoms with E-state index in [0.717, 1.165) is 16.3 Å². The summed E-state index contributed by atoms with van der Waals surface area (Å²) in [6.07, 6.45) is 1.91. The molecule has 1 atom stereocenters. The fraction of sp³-hybridized carbons (Fsp3) is 0.273. The molecule has 0 radical (unpaired) electrons. The first-order chi connectivity index (χ1) is 7.58. The minimum absolute atomic E-state index is 0.383. The van der Waals surface area contributed by atoms with Crippen LogP contribution in [0.15, 0.2) is 24.4 Å². The molecule has 1 heterocycles. The van der Waals surface area contributed by atoms with Crippen molar-refractivity contribution in [3.63, 3.8) is 0 Å². The number of hydrogen-bond acceptors (Lipinski definition) is 2. The van der Waals surface area contributed by atoms with E-state index < -0.39 is 0 Å². The van der Waals surface area contributed by atoms with E-state index in [2.05, 4.69) is 39.8 Å². The van der Waals surface area contributed by atoms with Gasteiger partial charge >= 0.3 is 0 Å². The van der Waals surface area contributed by atoms with Gasteiger partial charge in [-0.15, -0.1) is 5.10 Å². The van der Waals surface area contributed by atoms with E-state index in [-0.39, 0.29) is 0 Å². The summed E-state index contributed by atoms with van der Waals surface area (Å²) in [5, 5.41) is 8.83. The lowest BCUT2D eigenvalue weighted by atomic mass is 10.0. The first-order valence-electron chi connectivity index (χ1n) is 4.88. The Morgan fingerprint density at radius 1 is 1.44 bits per heavy atom. The Labute approximate surface area is 113 Å². The van der Waals surface area contributed by atoms with Gasteiger partial charge in [-0.2, -0.15) is 0 Å². The molecule has 1 unspecified atom stereocenters. The Kier molecular flexibility index (Phi) is 3.49. The first kappa shape index (κ1) is 11.9. The van der Waals surface area contributed by atoms with Crippen LogP contribution in [0.2, 0.25) is 5.02 Å². The smallest absolute Gasteiger partial charge is 0.113 e. The van der Waals surface area contributed by atoms with Crippen LogP contribution in [0, 0.1) is 0 Å². The van der Waals surface area contributed by atoms with Crippen LogP contribution in [0.1, 0.15) is 16.4 Å². The minimum atomic E-state index is 0.383. The van der Waals surface area contributed by atoms with Crippen LogP contribution < -0.4 is 0 Å². The van der Waals surface area contributed by atoms with E-state index in [4.69, 9.17) is 11.6 Å². The van der Waals surface area contributed by atoms with Gasteiger partial charge in [0.15, 0.2) is 0 Å². The normalized spacial score (nSPS) is 12.8. The van der Waals surface area contributed by atoms with Crippen LogP contribution >= 0.6 is 34.2 Å². The van der Waals surface area contributed by atoms with Crippen LogP contribution in [0.25, 0.3) is 11.3 Å². The van der Waals surface area contributed by atoms with Crippen molar-refractivity contribution in [1.82, 2.24) is 15.0 Å². The number of benzene rings is 1. The average Bonchev–Trinajstić information content (AvgIpc) is 2.64. The molecule has 1 aromatic carbocycles. The fourth-order valence-corrected chi connectivity index (χ4v) is 2.26. The monoisotopic (exact) mass is 347 g/mol. The molecule has 3 nitrogen and oxygen atoms in total. The van der Waals surface area contributed by atoms with E-state index >= 15 is 0 Å². The van der Waals surface area contributed by atoms with Crippen molar-refractivity contribution in [3.05, 3.63) is 35.0 Å². The second kappa shape index (κ2) is 4.71. The molecule has 0 N–H and O–H groups in total. The zero-order valence-corrected chi connectivity index (χ0v) is 11.9. The second-order valence-corrected chi connectivity index (χ2v) is 5.93. The van der Waals surface area contributed by atoms with Gasteiger partial charge in [-0.1, -0.05) is 45.5 Å². The number of aromatic nitrogens is 3. The van der Waals surface area contributed by atoms with Crippen LogP contribution in [-0.4, -0.2) is 15.0 Å². The van der Waals surface area contributed by atoms with Gasteiger partial charge in [-0.3, -0.25) is 4.68 Å². The van der Waals surface area contributed by atoms with Crippen molar-refractivity contribution < 1.29 is 0 Å². The fourth-order valence-electron chi connectivity index (χ4n) is 1.57. The molecule has 2 aromatic rings. The Morgan fingerprint density at radius 2 is 2.19 bits per heavy atom. The van der Waals surface area contributed by atoms with Gasteiger partial charge in [-0.25, -0.2) is 0 Å². The summed E-state index contributed by atoms with van der Waals surface area (Å²) in [6.45, 7) is 2.13. The molecular formula is C11H11ClIN3. The van der Waals surface area contributed by atoms with Gasteiger partial charge in [0.05, 0.1) is 6.20 Å². The Bertz CT molecular complexity index is 508. The van der Waals surface area contributed by atoms with Crippen molar-refractivity contribution in [2.45, 2.75) is 10.8 Å². The molecule has 2 rings (SSSR count). The SMILES string of the molecule is CC(I)c1cc(Cl)ccc1-c1cn(C)nn1. The standard InChI is InChI=1S/C11H11ClIN3/c1-7(13)10-5-8(12)3-4-9(10)11-6-16(2)15-14-11/h3-7H,1-2H3. The summed E-state index contributed by atoms with van der Waals surface area (Å²) in [7, 11) is 1.86.